The number of benzene rings is 1. The second kappa shape index (κ2) is 9.44. The van der Waals surface area contributed by atoms with Crippen LogP contribution in [-0.2, 0) is 6.54 Å². The molecule has 1 amide bonds. The highest BCUT2D eigenvalue weighted by molar-refractivity contribution is 5.91. The van der Waals surface area contributed by atoms with Gasteiger partial charge in [0.15, 0.2) is 5.69 Å². The van der Waals surface area contributed by atoms with E-state index in [1.807, 2.05) is 0 Å². The number of nitrogens with zero attached hydrogens (tertiary/aromatic N) is 3. The van der Waals surface area contributed by atoms with Gasteiger partial charge < -0.3 is 15.4 Å². The standard InChI is InChI=1S/C16H19F2N5O2.ClH/c17-16(18)25-13-3-1-11(2-4-13)9-20-15(24)14-10-23(22-21-14)12-5-7-19-8-6-12;/h1-4,10,12,16,19H,5-9H2,(H,20,24);1H. The van der Waals surface area contributed by atoms with Crippen molar-refractivity contribution >= 4 is 18.3 Å². The molecule has 2 N–H and O–H groups in total. The third kappa shape index (κ3) is 5.37. The number of rotatable bonds is 6. The Morgan fingerprint density at radius 1 is 1.31 bits per heavy atom. The van der Waals surface area contributed by atoms with Gasteiger partial charge in [0.25, 0.3) is 5.91 Å². The molecule has 1 fully saturated rings. The molecule has 0 saturated carbocycles. The van der Waals surface area contributed by atoms with Gasteiger partial charge in [-0.05, 0) is 43.6 Å². The average molecular weight is 388 g/mol. The van der Waals surface area contributed by atoms with Crippen LogP contribution in [0.15, 0.2) is 30.5 Å². The van der Waals surface area contributed by atoms with Crippen LogP contribution in [0.2, 0.25) is 0 Å². The molecule has 0 aliphatic carbocycles. The number of hydrogen-bond acceptors (Lipinski definition) is 5. The lowest BCUT2D eigenvalue weighted by Crippen LogP contribution is -2.29. The van der Waals surface area contributed by atoms with E-state index in [4.69, 9.17) is 0 Å². The summed E-state index contributed by atoms with van der Waals surface area (Å²) < 4.78 is 30.2. The molecule has 7 nitrogen and oxygen atoms in total. The summed E-state index contributed by atoms with van der Waals surface area (Å²) in [4.78, 5) is 12.2. The first-order chi connectivity index (χ1) is 12.1. The Bertz CT molecular complexity index is 705. The fraction of sp³-hybridized carbons (Fsp3) is 0.438. The van der Waals surface area contributed by atoms with Crippen LogP contribution in [0.25, 0.3) is 0 Å². The van der Waals surface area contributed by atoms with Crippen molar-refractivity contribution in [2.45, 2.75) is 32.0 Å². The summed E-state index contributed by atoms with van der Waals surface area (Å²) in [5.41, 5.74) is 1.02. The molecule has 0 unspecified atom stereocenters. The Labute approximate surface area is 155 Å². The van der Waals surface area contributed by atoms with E-state index in [0.29, 0.717) is 0 Å². The van der Waals surface area contributed by atoms with Gasteiger partial charge in [-0.2, -0.15) is 8.78 Å². The predicted molar refractivity (Wildman–Crippen MR) is 92.7 cm³/mol. The van der Waals surface area contributed by atoms with Gasteiger partial charge in [0.05, 0.1) is 12.2 Å². The molecule has 1 aromatic carbocycles. The van der Waals surface area contributed by atoms with Crippen LogP contribution < -0.4 is 15.4 Å². The van der Waals surface area contributed by atoms with E-state index in [0.717, 1.165) is 31.5 Å². The molecule has 0 bridgehead atoms. The maximum absolute atomic E-state index is 12.2. The van der Waals surface area contributed by atoms with Crippen molar-refractivity contribution in [2.75, 3.05) is 13.1 Å². The van der Waals surface area contributed by atoms with Gasteiger partial charge >= 0.3 is 6.61 Å². The molecule has 3 rings (SSSR count). The van der Waals surface area contributed by atoms with Crippen LogP contribution in [0.3, 0.4) is 0 Å². The number of carbonyl (C=O) groups excluding carboxylic acids is 1. The van der Waals surface area contributed by atoms with Crippen molar-refractivity contribution < 1.29 is 18.3 Å². The topological polar surface area (TPSA) is 81.1 Å². The fourth-order valence-electron chi connectivity index (χ4n) is 2.69. The normalized spacial score (nSPS) is 14.7. The molecule has 0 atom stereocenters. The van der Waals surface area contributed by atoms with E-state index in [1.165, 1.54) is 12.1 Å². The minimum Gasteiger partial charge on any atom is -0.435 e. The quantitative estimate of drug-likeness (QED) is 0.793. The van der Waals surface area contributed by atoms with Gasteiger partial charge in [-0.1, -0.05) is 17.3 Å². The molecule has 0 spiro atoms. The third-order valence-electron chi connectivity index (χ3n) is 4.03. The van der Waals surface area contributed by atoms with Gasteiger partial charge in [-0.3, -0.25) is 4.79 Å². The lowest BCUT2D eigenvalue weighted by Gasteiger charge is -2.22. The monoisotopic (exact) mass is 387 g/mol. The molecule has 0 radical (unpaired) electrons. The maximum Gasteiger partial charge on any atom is 0.387 e. The first-order valence-electron chi connectivity index (χ1n) is 8.06. The van der Waals surface area contributed by atoms with E-state index in [9.17, 15) is 13.6 Å². The van der Waals surface area contributed by atoms with Crippen molar-refractivity contribution in [1.29, 1.82) is 0 Å². The molecule has 1 aromatic heterocycles. The predicted octanol–water partition coefficient (Wildman–Crippen LogP) is 2.16. The summed E-state index contributed by atoms with van der Waals surface area (Å²) in [5.74, 6) is -0.247. The largest absolute Gasteiger partial charge is 0.435 e. The highest BCUT2D eigenvalue weighted by atomic mass is 35.5. The highest BCUT2D eigenvalue weighted by Gasteiger charge is 2.18. The molecule has 1 saturated heterocycles. The molecule has 26 heavy (non-hydrogen) atoms. The molecule has 142 valence electrons. The molecule has 10 heteroatoms. The number of piperidine rings is 1. The molecule has 1 aliphatic rings. The number of nitrogens with one attached hydrogen (secondary N) is 2. The van der Waals surface area contributed by atoms with Crippen LogP contribution in [0, 0.1) is 0 Å². The van der Waals surface area contributed by atoms with E-state index in [1.54, 1.807) is 23.0 Å². The first-order valence-corrected chi connectivity index (χ1v) is 8.06. The summed E-state index contributed by atoms with van der Waals surface area (Å²) in [5, 5.41) is 14.0. The van der Waals surface area contributed by atoms with Crippen molar-refractivity contribution in [3.8, 4) is 5.75 Å². The minimum absolute atomic E-state index is 0. The number of carbonyl (C=O) groups is 1. The molecule has 1 aliphatic heterocycles. The lowest BCUT2D eigenvalue weighted by molar-refractivity contribution is -0.0498. The van der Waals surface area contributed by atoms with Crippen molar-refractivity contribution in [1.82, 2.24) is 25.6 Å². The van der Waals surface area contributed by atoms with Gasteiger partial charge in [-0.15, -0.1) is 17.5 Å². The maximum atomic E-state index is 12.2. The summed E-state index contributed by atoms with van der Waals surface area (Å²) in [6.45, 7) is -0.740. The summed E-state index contributed by atoms with van der Waals surface area (Å²) >= 11 is 0. The van der Waals surface area contributed by atoms with Crippen molar-refractivity contribution in [3.63, 3.8) is 0 Å². The van der Waals surface area contributed by atoms with Crippen LogP contribution >= 0.6 is 12.4 Å². The number of halogens is 3. The number of aromatic nitrogens is 3. The summed E-state index contributed by atoms with van der Waals surface area (Å²) in [6.07, 6.45) is 3.57. The number of alkyl halides is 2. The lowest BCUT2D eigenvalue weighted by atomic mass is 10.1. The van der Waals surface area contributed by atoms with Crippen LogP contribution in [0.5, 0.6) is 5.75 Å². The van der Waals surface area contributed by atoms with Gasteiger partial charge in [0.1, 0.15) is 5.75 Å². The van der Waals surface area contributed by atoms with Crippen LogP contribution in [-0.4, -0.2) is 40.6 Å². The number of ether oxygens (including phenoxy) is 1. The van der Waals surface area contributed by atoms with Crippen molar-refractivity contribution in [3.05, 3.63) is 41.7 Å². The van der Waals surface area contributed by atoms with Gasteiger partial charge in [-0.25, -0.2) is 4.68 Å². The van der Waals surface area contributed by atoms with Crippen LogP contribution in [0.4, 0.5) is 8.78 Å². The molecular weight excluding hydrogens is 368 g/mol. The Kier molecular flexibility index (Phi) is 7.28. The van der Waals surface area contributed by atoms with Gasteiger partial charge in [0, 0.05) is 6.54 Å². The second-order valence-electron chi connectivity index (χ2n) is 5.77. The Hall–Kier alpha value is -2.26. The van der Waals surface area contributed by atoms with E-state index < -0.39 is 6.61 Å². The van der Waals surface area contributed by atoms with Crippen molar-refractivity contribution in [2.24, 2.45) is 0 Å². The number of amides is 1. The number of hydrogen-bond donors (Lipinski definition) is 2. The Morgan fingerprint density at radius 3 is 2.65 bits per heavy atom. The van der Waals surface area contributed by atoms with E-state index in [-0.39, 0.29) is 42.3 Å². The summed E-state index contributed by atoms with van der Waals surface area (Å²) in [6, 6.07) is 6.35. The zero-order chi connectivity index (χ0) is 17.6. The van der Waals surface area contributed by atoms with Crippen LogP contribution in [0.1, 0.15) is 34.9 Å². The zero-order valence-electron chi connectivity index (χ0n) is 13.9. The summed E-state index contributed by atoms with van der Waals surface area (Å²) in [7, 11) is 0. The van der Waals surface area contributed by atoms with E-state index >= 15 is 0 Å². The minimum atomic E-state index is -2.85. The average Bonchev–Trinajstić information content (AvgIpc) is 3.11. The Balaban J connectivity index is 0.00000243. The third-order valence-corrected chi connectivity index (χ3v) is 4.03. The Morgan fingerprint density at radius 2 is 2.00 bits per heavy atom. The highest BCUT2D eigenvalue weighted by Crippen LogP contribution is 2.17. The SMILES string of the molecule is Cl.O=C(NCc1ccc(OC(F)F)cc1)c1cn(C2CCNCC2)nn1. The first kappa shape index (κ1) is 20.1. The van der Waals surface area contributed by atoms with E-state index in [2.05, 4.69) is 25.7 Å². The molecule has 2 aromatic rings. The smallest absolute Gasteiger partial charge is 0.387 e. The van der Waals surface area contributed by atoms with Gasteiger partial charge in [0.2, 0.25) is 0 Å². The fourth-order valence-corrected chi connectivity index (χ4v) is 2.69. The molecule has 2 heterocycles. The zero-order valence-corrected chi connectivity index (χ0v) is 14.7. The molecular formula is C16H20ClF2N5O2. The second-order valence-corrected chi connectivity index (χ2v) is 5.77.